The molecule has 2 bridgehead atoms. The number of amides is 1. The smallest absolute Gasteiger partial charge is 0.252 e. The molecular formula is C35H40F2N4O2. The van der Waals surface area contributed by atoms with Crippen molar-refractivity contribution >= 4 is 11.5 Å². The van der Waals surface area contributed by atoms with Gasteiger partial charge in [0.25, 0.3) is 5.91 Å². The Labute approximate surface area is 252 Å². The van der Waals surface area contributed by atoms with Gasteiger partial charge in [-0.2, -0.15) is 0 Å². The summed E-state index contributed by atoms with van der Waals surface area (Å²) < 4.78 is 33.4. The minimum atomic E-state index is -0.824. The molecule has 3 aromatic carbocycles. The Balaban J connectivity index is 1.26. The third-order valence-electron chi connectivity index (χ3n) is 8.96. The number of carbonyl (C=O) groups excluding carboxylic acids is 1. The maximum Gasteiger partial charge on any atom is 0.252 e. The van der Waals surface area contributed by atoms with E-state index >= 15 is 0 Å². The number of carbonyl (C=O) groups is 1. The first-order chi connectivity index (χ1) is 20.8. The molecular weight excluding hydrogens is 546 g/mol. The Morgan fingerprint density at radius 3 is 2.44 bits per heavy atom. The lowest BCUT2D eigenvalue weighted by Gasteiger charge is -2.41. The molecule has 0 aromatic heterocycles. The molecule has 2 atom stereocenters. The third kappa shape index (κ3) is 6.37. The summed E-state index contributed by atoms with van der Waals surface area (Å²) in [7, 11) is 3.58. The molecule has 3 aromatic rings. The fourth-order valence-electron chi connectivity index (χ4n) is 6.52. The average Bonchev–Trinajstić information content (AvgIpc) is 3.84. The van der Waals surface area contributed by atoms with Crippen LogP contribution in [-0.2, 0) is 24.4 Å². The van der Waals surface area contributed by atoms with Crippen LogP contribution in [0.4, 0.5) is 8.78 Å². The number of rotatable bonds is 10. The highest BCUT2D eigenvalue weighted by atomic mass is 19.2. The first kappa shape index (κ1) is 29.5. The van der Waals surface area contributed by atoms with Gasteiger partial charge in [0.2, 0.25) is 0 Å². The molecule has 2 N–H and O–H groups in total. The lowest BCUT2D eigenvalue weighted by atomic mass is 9.83. The number of halogens is 2. The minimum Gasteiger partial charge on any atom is -0.496 e. The molecule has 0 radical (unpaired) electrons. The van der Waals surface area contributed by atoms with Gasteiger partial charge in [-0.15, -0.1) is 0 Å². The van der Waals surface area contributed by atoms with Gasteiger partial charge in [0, 0.05) is 55.9 Å². The molecule has 1 saturated carbocycles. The average molecular weight is 587 g/mol. The summed E-state index contributed by atoms with van der Waals surface area (Å²) >= 11 is 0. The molecule has 2 heterocycles. The number of hydrogen-bond donors (Lipinski definition) is 2. The molecule has 1 aliphatic carbocycles. The van der Waals surface area contributed by atoms with E-state index < -0.39 is 11.6 Å². The first-order valence-corrected chi connectivity index (χ1v) is 15.2. The van der Waals surface area contributed by atoms with E-state index in [1.807, 2.05) is 24.1 Å². The SMILES string of the molecule is COc1cccc(CN(C(=O)C2=C(c3ccc(CN(C)Cc4cccc(F)c4F)cc3)C[C@H]3CNC[C@H]2N3)C2CC2)c1C. The van der Waals surface area contributed by atoms with Crippen LogP contribution in [0, 0.1) is 18.6 Å². The van der Waals surface area contributed by atoms with Gasteiger partial charge in [-0.25, -0.2) is 8.78 Å². The normalized spacial score (nSPS) is 20.0. The number of methoxy groups -OCH3 is 1. The van der Waals surface area contributed by atoms with E-state index in [9.17, 15) is 13.6 Å². The molecule has 43 heavy (non-hydrogen) atoms. The molecule has 226 valence electrons. The Morgan fingerprint density at radius 1 is 0.953 bits per heavy atom. The number of benzene rings is 3. The zero-order chi connectivity index (χ0) is 30.1. The van der Waals surface area contributed by atoms with Crippen molar-refractivity contribution in [1.82, 2.24) is 20.4 Å². The van der Waals surface area contributed by atoms with Gasteiger partial charge in [-0.1, -0.05) is 48.5 Å². The number of ether oxygens (including phenoxy) is 1. The Hall–Kier alpha value is -3.59. The van der Waals surface area contributed by atoms with E-state index in [0.717, 1.165) is 77.6 Å². The molecule has 1 saturated heterocycles. The maximum absolute atomic E-state index is 14.5. The Kier molecular flexibility index (Phi) is 8.61. The van der Waals surface area contributed by atoms with Crippen LogP contribution in [0.1, 0.15) is 47.1 Å². The molecule has 2 fully saturated rings. The molecule has 6 nitrogen and oxygen atoms in total. The van der Waals surface area contributed by atoms with Crippen molar-refractivity contribution in [2.24, 2.45) is 0 Å². The Bertz CT molecular complexity index is 1520. The number of nitrogens with one attached hydrogen (secondary N) is 2. The van der Waals surface area contributed by atoms with Gasteiger partial charge < -0.3 is 20.3 Å². The van der Waals surface area contributed by atoms with E-state index in [1.165, 1.54) is 6.07 Å². The first-order valence-electron chi connectivity index (χ1n) is 15.2. The predicted molar refractivity (Wildman–Crippen MR) is 164 cm³/mol. The third-order valence-corrected chi connectivity index (χ3v) is 8.96. The summed E-state index contributed by atoms with van der Waals surface area (Å²) in [6, 6.07) is 19.2. The minimum absolute atomic E-state index is 0.0466. The summed E-state index contributed by atoms with van der Waals surface area (Å²) in [5.74, 6) is -0.664. The van der Waals surface area contributed by atoms with Crippen molar-refractivity contribution in [3.05, 3.63) is 106 Å². The van der Waals surface area contributed by atoms with Crippen LogP contribution < -0.4 is 15.4 Å². The second-order valence-electron chi connectivity index (χ2n) is 12.2. The predicted octanol–water partition coefficient (Wildman–Crippen LogP) is 5.19. The zero-order valence-corrected chi connectivity index (χ0v) is 25.1. The van der Waals surface area contributed by atoms with Crippen LogP contribution in [0.5, 0.6) is 5.75 Å². The van der Waals surface area contributed by atoms with Crippen molar-refractivity contribution in [3.63, 3.8) is 0 Å². The van der Waals surface area contributed by atoms with Crippen LogP contribution in [0.15, 0.2) is 66.2 Å². The van der Waals surface area contributed by atoms with E-state index in [1.54, 1.807) is 13.2 Å². The van der Waals surface area contributed by atoms with Gasteiger partial charge in [-0.3, -0.25) is 9.69 Å². The quantitative estimate of drug-likeness (QED) is 0.343. The van der Waals surface area contributed by atoms with Gasteiger partial charge in [0.15, 0.2) is 11.6 Å². The molecule has 8 heteroatoms. The van der Waals surface area contributed by atoms with Crippen molar-refractivity contribution in [3.8, 4) is 5.75 Å². The molecule has 0 unspecified atom stereocenters. The summed E-state index contributed by atoms with van der Waals surface area (Å²) in [6.07, 6.45) is 2.83. The van der Waals surface area contributed by atoms with Crippen LogP contribution in [0.25, 0.3) is 5.57 Å². The number of hydrogen-bond acceptors (Lipinski definition) is 5. The van der Waals surface area contributed by atoms with Gasteiger partial charge in [0.05, 0.1) is 13.2 Å². The number of fused-ring (bicyclic) bond motifs is 2. The Morgan fingerprint density at radius 2 is 1.70 bits per heavy atom. The summed E-state index contributed by atoms with van der Waals surface area (Å²) in [4.78, 5) is 18.5. The summed E-state index contributed by atoms with van der Waals surface area (Å²) in [5.41, 5.74) is 6.64. The monoisotopic (exact) mass is 586 g/mol. The highest BCUT2D eigenvalue weighted by Gasteiger charge is 2.41. The standard InChI is InChI=1S/C35H40F2N4O2/c1-22-25(6-5-9-32(22)43-3)21-41(28-14-15-28)35(42)33-29(16-27-17-38-18-31(33)39-27)24-12-10-23(11-13-24)19-40(2)20-26-7-4-8-30(36)34(26)37/h4-13,27-28,31,38-39H,14-21H2,1-3H3/t27-,31+/m0/s1. The maximum atomic E-state index is 14.5. The molecule has 3 aliphatic rings. The number of piperazine rings is 1. The van der Waals surface area contributed by atoms with Crippen molar-refractivity contribution < 1.29 is 18.3 Å². The summed E-state index contributed by atoms with van der Waals surface area (Å²) in [5, 5.41) is 7.23. The lowest BCUT2D eigenvalue weighted by Crippen LogP contribution is -2.60. The van der Waals surface area contributed by atoms with E-state index in [-0.39, 0.29) is 24.0 Å². The van der Waals surface area contributed by atoms with E-state index in [0.29, 0.717) is 25.2 Å². The highest BCUT2D eigenvalue weighted by molar-refractivity contribution is 6.03. The van der Waals surface area contributed by atoms with E-state index in [2.05, 4.69) is 52.8 Å². The van der Waals surface area contributed by atoms with Gasteiger partial charge in [-0.05, 0) is 73.2 Å². The topological polar surface area (TPSA) is 56.8 Å². The van der Waals surface area contributed by atoms with Crippen LogP contribution in [-0.4, -0.2) is 61.1 Å². The second-order valence-corrected chi connectivity index (χ2v) is 12.2. The van der Waals surface area contributed by atoms with Crippen LogP contribution in [0.3, 0.4) is 0 Å². The zero-order valence-electron chi connectivity index (χ0n) is 25.1. The highest BCUT2D eigenvalue weighted by Crippen LogP contribution is 2.37. The van der Waals surface area contributed by atoms with Crippen molar-refractivity contribution in [2.45, 2.75) is 63.9 Å². The summed E-state index contributed by atoms with van der Waals surface area (Å²) in [6.45, 7) is 5.10. The fourth-order valence-corrected chi connectivity index (χ4v) is 6.52. The molecule has 2 aliphatic heterocycles. The molecule has 6 rings (SSSR count). The second kappa shape index (κ2) is 12.6. The van der Waals surface area contributed by atoms with Gasteiger partial charge >= 0.3 is 0 Å². The van der Waals surface area contributed by atoms with Crippen molar-refractivity contribution in [2.75, 3.05) is 27.2 Å². The van der Waals surface area contributed by atoms with Crippen LogP contribution in [0.2, 0.25) is 0 Å². The number of nitrogens with zero attached hydrogens (tertiary/aromatic N) is 2. The van der Waals surface area contributed by atoms with E-state index in [4.69, 9.17) is 4.74 Å². The molecule has 0 spiro atoms. The molecule has 1 amide bonds. The largest absolute Gasteiger partial charge is 0.496 e. The van der Waals surface area contributed by atoms with Crippen LogP contribution >= 0.6 is 0 Å². The van der Waals surface area contributed by atoms with Gasteiger partial charge in [0.1, 0.15) is 5.75 Å². The van der Waals surface area contributed by atoms with Crippen molar-refractivity contribution in [1.29, 1.82) is 0 Å². The fraction of sp³-hybridized carbons (Fsp3) is 0.400. The lowest BCUT2D eigenvalue weighted by molar-refractivity contribution is -0.128.